The monoisotopic (exact) mass is 270 g/mol. The second-order valence-electron chi connectivity index (χ2n) is 5.18. The van der Waals surface area contributed by atoms with Gasteiger partial charge in [-0.1, -0.05) is 13.8 Å². The molecule has 1 aliphatic heterocycles. The lowest BCUT2D eigenvalue weighted by Gasteiger charge is -2.18. The molecule has 1 aliphatic rings. The lowest BCUT2D eigenvalue weighted by atomic mass is 10.1. The Balaban J connectivity index is 2.54. The van der Waals surface area contributed by atoms with Crippen molar-refractivity contribution in [3.8, 4) is 0 Å². The van der Waals surface area contributed by atoms with Gasteiger partial charge in [0.05, 0.1) is 0 Å². The predicted octanol–water partition coefficient (Wildman–Crippen LogP) is 3.37. The van der Waals surface area contributed by atoms with Crippen LogP contribution in [0, 0.1) is 0 Å². The molecule has 0 aromatic carbocycles. The van der Waals surface area contributed by atoms with Gasteiger partial charge in [0.15, 0.2) is 0 Å². The average Bonchev–Trinajstić information content (AvgIpc) is 2.41. The van der Waals surface area contributed by atoms with Gasteiger partial charge in [-0.05, 0) is 44.9 Å². The number of cyclic esters (lactones) is 2. The molecule has 0 aliphatic carbocycles. The van der Waals surface area contributed by atoms with E-state index in [1.165, 1.54) is 0 Å². The Hall–Kier alpha value is -1.06. The molecule has 1 saturated heterocycles. The number of rotatable bonds is 2. The van der Waals surface area contributed by atoms with E-state index in [0.717, 1.165) is 32.1 Å². The van der Waals surface area contributed by atoms with Gasteiger partial charge in [0, 0.05) is 12.8 Å². The zero-order valence-corrected chi connectivity index (χ0v) is 12.2. The highest BCUT2D eigenvalue weighted by molar-refractivity contribution is 5.70. The number of esters is 2. The van der Waals surface area contributed by atoms with Crippen molar-refractivity contribution < 1.29 is 19.1 Å². The van der Waals surface area contributed by atoms with Gasteiger partial charge in [0.1, 0.15) is 12.2 Å². The van der Waals surface area contributed by atoms with E-state index in [0.29, 0.717) is 25.7 Å². The van der Waals surface area contributed by atoms with Crippen molar-refractivity contribution in [1.29, 1.82) is 0 Å². The largest absolute Gasteiger partial charge is 0.462 e. The average molecular weight is 270 g/mol. The molecule has 0 radical (unpaired) electrons. The van der Waals surface area contributed by atoms with Gasteiger partial charge in [0.25, 0.3) is 0 Å². The first-order chi connectivity index (χ1) is 9.15. The Kier molecular flexibility index (Phi) is 7.53. The van der Waals surface area contributed by atoms with Crippen molar-refractivity contribution in [3.63, 3.8) is 0 Å². The summed E-state index contributed by atoms with van der Waals surface area (Å²) in [5, 5.41) is 0. The molecule has 0 aromatic heterocycles. The van der Waals surface area contributed by atoms with E-state index in [1.54, 1.807) is 0 Å². The summed E-state index contributed by atoms with van der Waals surface area (Å²) in [6.07, 6.45) is 6.57. The molecule has 0 saturated carbocycles. The minimum Gasteiger partial charge on any atom is -0.462 e. The van der Waals surface area contributed by atoms with Crippen LogP contribution in [-0.2, 0) is 19.1 Å². The number of carbonyl (C=O) groups is 2. The molecule has 0 amide bonds. The Morgan fingerprint density at radius 2 is 1.26 bits per heavy atom. The van der Waals surface area contributed by atoms with Crippen LogP contribution in [0.25, 0.3) is 0 Å². The first-order valence-electron chi connectivity index (χ1n) is 7.54. The second kappa shape index (κ2) is 8.94. The van der Waals surface area contributed by atoms with Crippen molar-refractivity contribution in [3.05, 3.63) is 0 Å². The smallest absolute Gasteiger partial charge is 0.306 e. The SMILES string of the molecule is CCC1CCCC(CC)OC(=O)CCCCC(=O)O1. The summed E-state index contributed by atoms with van der Waals surface area (Å²) in [5.74, 6) is -0.266. The van der Waals surface area contributed by atoms with Crippen molar-refractivity contribution in [2.75, 3.05) is 0 Å². The fourth-order valence-corrected chi connectivity index (χ4v) is 2.29. The van der Waals surface area contributed by atoms with Crippen LogP contribution in [0.4, 0.5) is 0 Å². The Morgan fingerprint density at radius 1 is 0.842 bits per heavy atom. The molecular weight excluding hydrogens is 244 g/mol. The van der Waals surface area contributed by atoms with Gasteiger partial charge in [-0.3, -0.25) is 9.59 Å². The van der Waals surface area contributed by atoms with E-state index in [9.17, 15) is 9.59 Å². The van der Waals surface area contributed by atoms with E-state index >= 15 is 0 Å². The van der Waals surface area contributed by atoms with E-state index < -0.39 is 0 Å². The normalized spacial score (nSPS) is 27.5. The van der Waals surface area contributed by atoms with Crippen LogP contribution in [0.15, 0.2) is 0 Å². The summed E-state index contributed by atoms with van der Waals surface area (Å²) in [7, 11) is 0. The molecule has 1 heterocycles. The van der Waals surface area contributed by atoms with Crippen molar-refractivity contribution in [2.24, 2.45) is 0 Å². The van der Waals surface area contributed by atoms with Crippen LogP contribution in [0.1, 0.15) is 71.6 Å². The highest BCUT2D eigenvalue weighted by atomic mass is 16.5. The third-order valence-electron chi connectivity index (χ3n) is 3.57. The summed E-state index contributed by atoms with van der Waals surface area (Å²) in [6, 6.07) is 0. The number of hydrogen-bond acceptors (Lipinski definition) is 4. The van der Waals surface area contributed by atoms with Crippen LogP contribution < -0.4 is 0 Å². The zero-order chi connectivity index (χ0) is 14.1. The summed E-state index contributed by atoms with van der Waals surface area (Å²) >= 11 is 0. The molecule has 2 atom stereocenters. The highest BCUT2D eigenvalue weighted by Gasteiger charge is 2.17. The molecule has 0 spiro atoms. The fourth-order valence-electron chi connectivity index (χ4n) is 2.29. The topological polar surface area (TPSA) is 52.6 Å². The molecule has 1 fully saturated rings. The Labute approximate surface area is 115 Å². The summed E-state index contributed by atoms with van der Waals surface area (Å²) in [5.41, 5.74) is 0. The second-order valence-corrected chi connectivity index (χ2v) is 5.18. The molecular formula is C15H26O4. The molecule has 0 N–H and O–H groups in total. The van der Waals surface area contributed by atoms with Crippen LogP contribution in [-0.4, -0.2) is 24.1 Å². The van der Waals surface area contributed by atoms with Crippen LogP contribution in [0.5, 0.6) is 0 Å². The summed E-state index contributed by atoms with van der Waals surface area (Å²) < 4.78 is 10.9. The third-order valence-corrected chi connectivity index (χ3v) is 3.57. The molecule has 0 bridgehead atoms. The molecule has 19 heavy (non-hydrogen) atoms. The fraction of sp³-hybridized carbons (Fsp3) is 0.867. The zero-order valence-electron chi connectivity index (χ0n) is 12.2. The van der Waals surface area contributed by atoms with Crippen LogP contribution >= 0.6 is 0 Å². The van der Waals surface area contributed by atoms with Gasteiger partial charge in [0.2, 0.25) is 0 Å². The number of carbonyl (C=O) groups excluding carboxylic acids is 2. The van der Waals surface area contributed by atoms with E-state index in [2.05, 4.69) is 0 Å². The van der Waals surface area contributed by atoms with E-state index in [4.69, 9.17) is 9.47 Å². The van der Waals surface area contributed by atoms with Gasteiger partial charge in [-0.15, -0.1) is 0 Å². The maximum absolute atomic E-state index is 11.6. The van der Waals surface area contributed by atoms with E-state index in [-0.39, 0.29) is 24.1 Å². The van der Waals surface area contributed by atoms with E-state index in [1.807, 2.05) is 13.8 Å². The minimum absolute atomic E-state index is 0.0152. The van der Waals surface area contributed by atoms with Crippen LogP contribution in [0.2, 0.25) is 0 Å². The first-order valence-corrected chi connectivity index (χ1v) is 7.54. The molecule has 0 aromatic rings. The highest BCUT2D eigenvalue weighted by Crippen LogP contribution is 2.17. The van der Waals surface area contributed by atoms with Gasteiger partial charge in [-0.25, -0.2) is 0 Å². The Morgan fingerprint density at radius 3 is 1.63 bits per heavy atom. The number of hydrogen-bond donors (Lipinski definition) is 0. The first kappa shape index (κ1) is 16.0. The Bertz CT molecular complexity index is 260. The number of ether oxygens (including phenoxy) is 2. The van der Waals surface area contributed by atoms with Gasteiger partial charge in [-0.2, -0.15) is 0 Å². The summed E-state index contributed by atoms with van der Waals surface area (Å²) in [4.78, 5) is 23.2. The third kappa shape index (κ3) is 6.60. The lowest BCUT2D eigenvalue weighted by molar-refractivity contribution is -0.150. The van der Waals surface area contributed by atoms with Gasteiger partial charge < -0.3 is 9.47 Å². The van der Waals surface area contributed by atoms with Crippen LogP contribution in [0.3, 0.4) is 0 Å². The minimum atomic E-state index is -0.133. The quantitative estimate of drug-likeness (QED) is 0.722. The summed E-state index contributed by atoms with van der Waals surface area (Å²) in [6.45, 7) is 4.07. The maximum atomic E-state index is 11.6. The molecule has 4 heteroatoms. The van der Waals surface area contributed by atoms with Crippen molar-refractivity contribution in [1.82, 2.24) is 0 Å². The lowest BCUT2D eigenvalue weighted by Crippen LogP contribution is -2.19. The molecule has 4 nitrogen and oxygen atoms in total. The molecule has 2 unspecified atom stereocenters. The maximum Gasteiger partial charge on any atom is 0.306 e. The predicted molar refractivity (Wildman–Crippen MR) is 72.7 cm³/mol. The van der Waals surface area contributed by atoms with Crippen molar-refractivity contribution in [2.45, 2.75) is 83.8 Å². The van der Waals surface area contributed by atoms with Crippen molar-refractivity contribution >= 4 is 11.9 Å². The molecule has 110 valence electrons. The molecule has 1 rings (SSSR count). The van der Waals surface area contributed by atoms with Gasteiger partial charge >= 0.3 is 11.9 Å². The standard InChI is InChI=1S/C15H26O4/c1-3-12-8-7-9-13(4-2)19-15(17)11-6-5-10-14(16)18-12/h12-13H,3-11H2,1-2H3.